The number of halogens is 2. The topological polar surface area (TPSA) is 53.4 Å². The van der Waals surface area contributed by atoms with Gasteiger partial charge in [-0.25, -0.2) is 9.78 Å². The predicted octanol–water partition coefficient (Wildman–Crippen LogP) is 2.87. The molecule has 1 aliphatic heterocycles. The molecule has 84 valence electrons. The third kappa shape index (κ3) is 2.36. The third-order valence-electron chi connectivity index (χ3n) is 2.28. The number of carboxylic acid groups (broad SMARTS) is 1. The number of carbonyl (C=O) groups is 1. The lowest BCUT2D eigenvalue weighted by Crippen LogP contribution is -2.26. The second kappa shape index (κ2) is 4.43. The Labute approximate surface area is 106 Å². The van der Waals surface area contributed by atoms with Gasteiger partial charge in [0.05, 0.1) is 12.2 Å². The molecule has 0 saturated heterocycles. The molecule has 0 radical (unpaired) electrons. The Morgan fingerprint density at radius 2 is 2.31 bits per heavy atom. The minimum atomic E-state index is -0.924. The van der Waals surface area contributed by atoms with Gasteiger partial charge in [0.1, 0.15) is 5.15 Å². The number of aromatic nitrogens is 1. The second-order valence-corrected chi connectivity index (χ2v) is 4.69. The van der Waals surface area contributed by atoms with Gasteiger partial charge in [-0.15, -0.1) is 0 Å². The van der Waals surface area contributed by atoms with E-state index >= 15 is 0 Å². The van der Waals surface area contributed by atoms with E-state index in [1.54, 1.807) is 6.07 Å². The fraction of sp³-hybridized carbons (Fsp3) is 0.200. The van der Waals surface area contributed by atoms with E-state index in [1.807, 2.05) is 12.1 Å². The highest BCUT2D eigenvalue weighted by Crippen LogP contribution is 2.24. The van der Waals surface area contributed by atoms with Crippen LogP contribution >= 0.6 is 27.5 Å². The maximum Gasteiger partial charge on any atom is 0.407 e. The Kier molecular flexibility index (Phi) is 3.16. The lowest BCUT2D eigenvalue weighted by molar-refractivity contribution is 0.158. The van der Waals surface area contributed by atoms with Crippen LogP contribution in [0, 0.1) is 0 Å². The average Bonchev–Trinajstić information content (AvgIpc) is 2.64. The SMILES string of the molecule is O=C(O)N1CC=C(c2cc(Br)cc(Cl)n2)C1. The highest BCUT2D eigenvalue weighted by molar-refractivity contribution is 9.10. The molecule has 16 heavy (non-hydrogen) atoms. The summed E-state index contributed by atoms with van der Waals surface area (Å²) >= 11 is 9.15. The molecule has 0 aliphatic carbocycles. The van der Waals surface area contributed by atoms with Gasteiger partial charge in [0.25, 0.3) is 0 Å². The fourth-order valence-corrected chi connectivity index (χ4v) is 2.29. The molecule has 0 saturated carbocycles. The summed E-state index contributed by atoms with van der Waals surface area (Å²) in [5, 5.41) is 9.21. The molecule has 0 spiro atoms. The van der Waals surface area contributed by atoms with E-state index in [9.17, 15) is 4.79 Å². The van der Waals surface area contributed by atoms with Gasteiger partial charge in [-0.3, -0.25) is 0 Å². The van der Waals surface area contributed by atoms with Crippen LogP contribution < -0.4 is 0 Å². The Morgan fingerprint density at radius 3 is 2.88 bits per heavy atom. The van der Waals surface area contributed by atoms with E-state index in [-0.39, 0.29) is 0 Å². The third-order valence-corrected chi connectivity index (χ3v) is 2.93. The second-order valence-electron chi connectivity index (χ2n) is 3.39. The zero-order valence-electron chi connectivity index (χ0n) is 8.15. The first kappa shape index (κ1) is 11.4. The lowest BCUT2D eigenvalue weighted by atomic mass is 10.2. The number of hydrogen-bond donors (Lipinski definition) is 1. The normalized spacial score (nSPS) is 15.1. The molecule has 1 aliphatic rings. The highest BCUT2D eigenvalue weighted by Gasteiger charge is 2.20. The Morgan fingerprint density at radius 1 is 1.56 bits per heavy atom. The van der Waals surface area contributed by atoms with Crippen LogP contribution in [0.5, 0.6) is 0 Å². The van der Waals surface area contributed by atoms with Crippen molar-refractivity contribution < 1.29 is 9.90 Å². The standard InChI is InChI=1S/C10H8BrClN2O2/c11-7-3-8(13-9(12)4-7)6-1-2-14(5-6)10(15)16/h1,3-4H,2,5H2,(H,15,16). The summed E-state index contributed by atoms with van der Waals surface area (Å²) in [6.07, 6.45) is 0.923. The van der Waals surface area contributed by atoms with Gasteiger partial charge < -0.3 is 10.0 Å². The highest BCUT2D eigenvalue weighted by atomic mass is 79.9. The first-order valence-corrected chi connectivity index (χ1v) is 5.74. The molecule has 1 aromatic rings. The van der Waals surface area contributed by atoms with E-state index in [0.29, 0.717) is 23.9 Å². The monoisotopic (exact) mass is 302 g/mol. The van der Waals surface area contributed by atoms with Gasteiger partial charge in [0, 0.05) is 11.0 Å². The minimum absolute atomic E-state index is 0.356. The van der Waals surface area contributed by atoms with Gasteiger partial charge >= 0.3 is 6.09 Å². The summed E-state index contributed by atoms with van der Waals surface area (Å²) in [5.74, 6) is 0. The van der Waals surface area contributed by atoms with Crippen molar-refractivity contribution in [3.8, 4) is 0 Å². The predicted molar refractivity (Wildman–Crippen MR) is 64.5 cm³/mol. The van der Waals surface area contributed by atoms with Crippen molar-refractivity contribution in [3.63, 3.8) is 0 Å². The maximum absolute atomic E-state index is 10.7. The first-order chi connectivity index (χ1) is 7.56. The number of nitrogens with zero attached hydrogens (tertiary/aromatic N) is 2. The maximum atomic E-state index is 10.7. The molecular formula is C10H8BrClN2O2. The zero-order valence-corrected chi connectivity index (χ0v) is 10.5. The molecule has 1 N–H and O–H groups in total. The summed E-state index contributed by atoms with van der Waals surface area (Å²) in [5.41, 5.74) is 1.59. The molecule has 0 fully saturated rings. The van der Waals surface area contributed by atoms with E-state index < -0.39 is 6.09 Å². The molecule has 0 aromatic carbocycles. The van der Waals surface area contributed by atoms with Crippen LogP contribution in [0.3, 0.4) is 0 Å². The summed E-state index contributed by atoms with van der Waals surface area (Å²) in [6.45, 7) is 0.756. The lowest BCUT2D eigenvalue weighted by Gasteiger charge is -2.11. The Balaban J connectivity index is 2.23. The van der Waals surface area contributed by atoms with Crippen molar-refractivity contribution in [1.82, 2.24) is 9.88 Å². The molecule has 0 bridgehead atoms. The molecule has 2 rings (SSSR count). The average molecular weight is 304 g/mol. The fourth-order valence-electron chi connectivity index (χ4n) is 1.52. The molecule has 0 unspecified atom stereocenters. The summed E-state index contributed by atoms with van der Waals surface area (Å²) in [6, 6.07) is 3.51. The summed E-state index contributed by atoms with van der Waals surface area (Å²) in [4.78, 5) is 16.2. The Hall–Kier alpha value is -1.07. The van der Waals surface area contributed by atoms with Crippen molar-refractivity contribution in [3.05, 3.63) is 33.5 Å². The first-order valence-electron chi connectivity index (χ1n) is 4.56. The van der Waals surface area contributed by atoms with Crippen molar-refractivity contribution in [2.45, 2.75) is 0 Å². The minimum Gasteiger partial charge on any atom is -0.465 e. The van der Waals surface area contributed by atoms with Gasteiger partial charge in [0.15, 0.2) is 0 Å². The number of pyridine rings is 1. The van der Waals surface area contributed by atoms with Crippen molar-refractivity contribution in [1.29, 1.82) is 0 Å². The number of amides is 1. The molecule has 2 heterocycles. The van der Waals surface area contributed by atoms with Crippen LogP contribution in [-0.2, 0) is 0 Å². The van der Waals surface area contributed by atoms with Crippen molar-refractivity contribution in [2.24, 2.45) is 0 Å². The van der Waals surface area contributed by atoms with E-state index in [0.717, 1.165) is 10.0 Å². The van der Waals surface area contributed by atoms with Crippen LogP contribution in [0.4, 0.5) is 4.79 Å². The smallest absolute Gasteiger partial charge is 0.407 e. The van der Waals surface area contributed by atoms with Crippen LogP contribution in [0.1, 0.15) is 5.69 Å². The van der Waals surface area contributed by atoms with E-state index in [2.05, 4.69) is 20.9 Å². The van der Waals surface area contributed by atoms with E-state index in [4.69, 9.17) is 16.7 Å². The van der Waals surface area contributed by atoms with Crippen LogP contribution in [0.2, 0.25) is 5.15 Å². The largest absolute Gasteiger partial charge is 0.465 e. The molecule has 1 aromatic heterocycles. The van der Waals surface area contributed by atoms with Gasteiger partial charge in [-0.05, 0) is 17.7 Å². The van der Waals surface area contributed by atoms with Gasteiger partial charge in [0.2, 0.25) is 0 Å². The van der Waals surface area contributed by atoms with Crippen LogP contribution in [-0.4, -0.2) is 34.2 Å². The zero-order chi connectivity index (χ0) is 11.7. The number of hydrogen-bond acceptors (Lipinski definition) is 2. The van der Waals surface area contributed by atoms with Crippen LogP contribution in [0.15, 0.2) is 22.7 Å². The van der Waals surface area contributed by atoms with Crippen molar-refractivity contribution in [2.75, 3.05) is 13.1 Å². The summed E-state index contributed by atoms with van der Waals surface area (Å²) < 4.78 is 0.831. The van der Waals surface area contributed by atoms with Crippen molar-refractivity contribution >= 4 is 39.2 Å². The van der Waals surface area contributed by atoms with Gasteiger partial charge in [-0.1, -0.05) is 33.6 Å². The van der Waals surface area contributed by atoms with Crippen LogP contribution in [0.25, 0.3) is 5.57 Å². The molecular weight excluding hydrogens is 295 g/mol. The summed E-state index contributed by atoms with van der Waals surface area (Å²) in [7, 11) is 0. The molecule has 1 amide bonds. The molecule has 4 nitrogen and oxygen atoms in total. The quantitative estimate of drug-likeness (QED) is 0.812. The number of rotatable bonds is 1. The van der Waals surface area contributed by atoms with Gasteiger partial charge in [-0.2, -0.15) is 0 Å². The Bertz CT molecular complexity index is 456. The molecule has 0 atom stereocenters. The van der Waals surface area contributed by atoms with E-state index in [1.165, 1.54) is 4.90 Å². The molecule has 6 heteroatoms.